The number of hydrogen-bond acceptors (Lipinski definition) is 7. The fourth-order valence-corrected chi connectivity index (χ4v) is 4.38. The summed E-state index contributed by atoms with van der Waals surface area (Å²) < 4.78 is 0. The van der Waals surface area contributed by atoms with E-state index in [1.54, 1.807) is 0 Å². The first-order valence-corrected chi connectivity index (χ1v) is 12.8. The van der Waals surface area contributed by atoms with Crippen molar-refractivity contribution < 1.29 is 0 Å². The van der Waals surface area contributed by atoms with Crippen molar-refractivity contribution in [3.8, 4) is 0 Å². The minimum absolute atomic E-state index is 0.696. The average molecular weight is 502 g/mol. The third-order valence-electron chi connectivity index (χ3n) is 6.08. The summed E-state index contributed by atoms with van der Waals surface area (Å²) in [5, 5.41) is 0. The van der Waals surface area contributed by atoms with Crippen LogP contribution in [0.1, 0.15) is 34.2 Å². The van der Waals surface area contributed by atoms with Crippen molar-refractivity contribution in [2.45, 2.75) is 39.3 Å². The Bertz CT molecular complexity index is 1180. The molecule has 0 unspecified atom stereocenters. The molecule has 5 heterocycles. The van der Waals surface area contributed by atoms with E-state index in [0.717, 1.165) is 60.3 Å². The van der Waals surface area contributed by atoms with Crippen LogP contribution >= 0.6 is 0 Å². The van der Waals surface area contributed by atoms with E-state index >= 15 is 0 Å². The lowest BCUT2D eigenvalue weighted by Gasteiger charge is -2.23. The average Bonchev–Trinajstić information content (AvgIpc) is 2.95. The van der Waals surface area contributed by atoms with Gasteiger partial charge in [0, 0.05) is 64.1 Å². The normalized spacial score (nSPS) is 11.2. The van der Waals surface area contributed by atoms with E-state index in [0.29, 0.717) is 13.1 Å². The van der Waals surface area contributed by atoms with Crippen LogP contribution in [0, 0.1) is 0 Å². The summed E-state index contributed by atoms with van der Waals surface area (Å²) in [6, 6.07) is 30.4. The summed E-state index contributed by atoms with van der Waals surface area (Å²) in [5.74, 6) is 0. The second-order valence-corrected chi connectivity index (χ2v) is 9.19. The molecule has 0 aliphatic carbocycles. The van der Waals surface area contributed by atoms with Crippen LogP contribution in [-0.2, 0) is 39.3 Å². The van der Waals surface area contributed by atoms with E-state index in [2.05, 4.69) is 72.2 Å². The maximum atomic E-state index is 5.05. The van der Waals surface area contributed by atoms with E-state index < -0.39 is 0 Å². The van der Waals surface area contributed by atoms with Gasteiger partial charge < -0.3 is 0 Å². The zero-order valence-electron chi connectivity index (χ0n) is 21.3. The van der Waals surface area contributed by atoms with E-state index in [1.165, 1.54) is 0 Å². The van der Waals surface area contributed by atoms with Gasteiger partial charge in [0.15, 0.2) is 0 Å². The van der Waals surface area contributed by atoms with E-state index in [-0.39, 0.29) is 0 Å². The highest BCUT2D eigenvalue weighted by atomic mass is 15.2. The molecule has 0 radical (unpaired) electrons. The minimum Gasteiger partial charge on any atom is -0.286 e. The molecular formula is C31H31N7. The van der Waals surface area contributed by atoms with Gasteiger partial charge in [-0.3, -0.25) is 34.7 Å². The number of rotatable bonds is 12. The topological polar surface area (TPSA) is 70.9 Å². The van der Waals surface area contributed by atoms with Crippen molar-refractivity contribution in [3.05, 3.63) is 150 Å². The first kappa shape index (κ1) is 25.3. The molecule has 0 bridgehead atoms. The van der Waals surface area contributed by atoms with Crippen LogP contribution in [0.4, 0.5) is 0 Å². The zero-order valence-corrected chi connectivity index (χ0v) is 21.3. The van der Waals surface area contributed by atoms with Gasteiger partial charge in [0.1, 0.15) is 0 Å². The highest BCUT2D eigenvalue weighted by Gasteiger charge is 2.14. The summed E-state index contributed by atoms with van der Waals surface area (Å²) in [7, 11) is 0. The van der Waals surface area contributed by atoms with Gasteiger partial charge in [0.2, 0.25) is 0 Å². The predicted molar refractivity (Wildman–Crippen MR) is 147 cm³/mol. The second-order valence-electron chi connectivity index (χ2n) is 9.19. The third-order valence-corrected chi connectivity index (χ3v) is 6.08. The fourth-order valence-electron chi connectivity index (χ4n) is 4.38. The first-order chi connectivity index (χ1) is 18.8. The number of pyridine rings is 5. The SMILES string of the molecule is c1ccc(CN(Cc2ccccn2)Cc2cccc(CN(Cc3ccccn3)Cc3ccccn3)n2)nc1. The van der Waals surface area contributed by atoms with Gasteiger partial charge in [-0.25, -0.2) is 0 Å². The monoisotopic (exact) mass is 501 g/mol. The number of nitrogens with zero attached hydrogens (tertiary/aromatic N) is 7. The van der Waals surface area contributed by atoms with Crippen molar-refractivity contribution in [2.75, 3.05) is 0 Å². The molecule has 190 valence electrons. The number of hydrogen-bond donors (Lipinski definition) is 0. The van der Waals surface area contributed by atoms with Crippen molar-refractivity contribution in [1.82, 2.24) is 34.7 Å². The van der Waals surface area contributed by atoms with Crippen LogP contribution in [-0.4, -0.2) is 34.7 Å². The molecule has 0 saturated heterocycles. The summed E-state index contributed by atoms with van der Waals surface area (Å²) in [4.78, 5) is 27.9. The molecule has 0 aliphatic heterocycles. The largest absolute Gasteiger partial charge is 0.286 e. The molecule has 0 aliphatic rings. The Hall–Kier alpha value is -4.33. The van der Waals surface area contributed by atoms with Gasteiger partial charge in [-0.1, -0.05) is 30.3 Å². The van der Waals surface area contributed by atoms with Crippen LogP contribution < -0.4 is 0 Å². The van der Waals surface area contributed by atoms with E-state index in [9.17, 15) is 0 Å². The maximum absolute atomic E-state index is 5.05. The minimum atomic E-state index is 0.696. The van der Waals surface area contributed by atoms with Gasteiger partial charge in [0.05, 0.1) is 34.2 Å². The maximum Gasteiger partial charge on any atom is 0.0548 e. The van der Waals surface area contributed by atoms with Gasteiger partial charge in [0.25, 0.3) is 0 Å². The molecule has 38 heavy (non-hydrogen) atoms. The smallest absolute Gasteiger partial charge is 0.0548 e. The molecule has 0 N–H and O–H groups in total. The Morgan fingerprint density at radius 1 is 0.342 bits per heavy atom. The molecule has 7 nitrogen and oxygen atoms in total. The lowest BCUT2D eigenvalue weighted by atomic mass is 10.2. The molecular weight excluding hydrogens is 470 g/mol. The standard InChI is InChI=1S/C31H31N7/c1-5-16-32-26(10-1)20-37(21-27-11-2-6-17-33-27)24-30-14-9-15-31(36-30)25-38(22-28-12-3-7-18-34-28)23-29-13-4-8-19-35-29/h1-19H,20-25H2. The van der Waals surface area contributed by atoms with Crippen molar-refractivity contribution in [3.63, 3.8) is 0 Å². The lowest BCUT2D eigenvalue weighted by Crippen LogP contribution is -2.25. The van der Waals surface area contributed by atoms with Gasteiger partial charge in [-0.05, 0) is 60.7 Å². The van der Waals surface area contributed by atoms with Crippen LogP contribution in [0.15, 0.2) is 116 Å². The Kier molecular flexibility index (Phi) is 8.85. The molecule has 0 amide bonds. The quantitative estimate of drug-likeness (QED) is 0.236. The summed E-state index contributed by atoms with van der Waals surface area (Å²) >= 11 is 0. The second kappa shape index (κ2) is 13.3. The summed E-state index contributed by atoms with van der Waals surface area (Å²) in [6.07, 6.45) is 7.35. The van der Waals surface area contributed by atoms with Crippen LogP contribution in [0.3, 0.4) is 0 Å². The van der Waals surface area contributed by atoms with E-state index in [1.807, 2.05) is 73.3 Å². The molecule has 5 aromatic rings. The molecule has 0 atom stereocenters. The molecule has 5 rings (SSSR count). The van der Waals surface area contributed by atoms with Crippen LogP contribution in [0.2, 0.25) is 0 Å². The zero-order chi connectivity index (χ0) is 25.8. The lowest BCUT2D eigenvalue weighted by molar-refractivity contribution is 0.232. The molecule has 0 spiro atoms. The van der Waals surface area contributed by atoms with Crippen molar-refractivity contribution in [2.24, 2.45) is 0 Å². The molecule has 0 fully saturated rings. The Labute approximate surface area is 223 Å². The Balaban J connectivity index is 1.32. The first-order valence-electron chi connectivity index (χ1n) is 12.8. The Morgan fingerprint density at radius 2 is 0.632 bits per heavy atom. The van der Waals surface area contributed by atoms with Crippen LogP contribution in [0.5, 0.6) is 0 Å². The Morgan fingerprint density at radius 3 is 0.921 bits per heavy atom. The highest BCUT2D eigenvalue weighted by Crippen LogP contribution is 2.15. The van der Waals surface area contributed by atoms with Gasteiger partial charge in [-0.15, -0.1) is 0 Å². The summed E-state index contributed by atoms with van der Waals surface area (Å²) in [5.41, 5.74) is 6.14. The highest BCUT2D eigenvalue weighted by molar-refractivity contribution is 5.14. The van der Waals surface area contributed by atoms with Gasteiger partial charge >= 0.3 is 0 Å². The fraction of sp³-hybridized carbons (Fsp3) is 0.194. The molecule has 0 aromatic carbocycles. The van der Waals surface area contributed by atoms with Crippen molar-refractivity contribution >= 4 is 0 Å². The van der Waals surface area contributed by atoms with E-state index in [4.69, 9.17) is 4.98 Å². The van der Waals surface area contributed by atoms with Gasteiger partial charge in [-0.2, -0.15) is 0 Å². The summed E-state index contributed by atoms with van der Waals surface area (Å²) in [6.45, 7) is 4.26. The molecule has 7 heteroatoms. The van der Waals surface area contributed by atoms with Crippen molar-refractivity contribution in [1.29, 1.82) is 0 Å². The molecule has 0 saturated carbocycles. The molecule has 5 aromatic heterocycles. The number of aromatic nitrogens is 5. The third kappa shape index (κ3) is 7.83. The van der Waals surface area contributed by atoms with Crippen LogP contribution in [0.25, 0.3) is 0 Å². The predicted octanol–water partition coefficient (Wildman–Crippen LogP) is 5.07.